The van der Waals surface area contributed by atoms with Crippen LogP contribution < -0.4 is 5.32 Å². The molecule has 0 bridgehead atoms. The minimum Gasteiger partial charge on any atom is -0.352 e. The van der Waals surface area contributed by atoms with Crippen molar-refractivity contribution in [3.05, 3.63) is 78.0 Å². The molecule has 0 saturated heterocycles. The normalized spacial score (nSPS) is 18.5. The number of nitrogens with one attached hydrogen (secondary N) is 1. The summed E-state index contributed by atoms with van der Waals surface area (Å²) in [5, 5.41) is 7.88. The summed E-state index contributed by atoms with van der Waals surface area (Å²) in [7, 11) is 0. The second-order valence-electron chi connectivity index (χ2n) is 7.09. The molecule has 3 aromatic rings. The highest BCUT2D eigenvalue weighted by molar-refractivity contribution is 5.81. The molecule has 4 rings (SSSR count). The topological polar surface area (TPSA) is 46.9 Å². The Kier molecular flexibility index (Phi) is 4.57. The maximum absolute atomic E-state index is 12.2. The Balaban J connectivity index is 1.57. The van der Waals surface area contributed by atoms with Crippen molar-refractivity contribution < 1.29 is 4.79 Å². The van der Waals surface area contributed by atoms with Crippen molar-refractivity contribution in [1.29, 1.82) is 0 Å². The monoisotopic (exact) mass is 345 g/mol. The van der Waals surface area contributed by atoms with Crippen LogP contribution in [0.15, 0.2) is 66.9 Å². The molecule has 0 aliphatic heterocycles. The van der Waals surface area contributed by atoms with E-state index in [4.69, 9.17) is 5.10 Å². The van der Waals surface area contributed by atoms with Gasteiger partial charge in [-0.15, -0.1) is 0 Å². The Bertz CT molecular complexity index is 886. The number of benzene rings is 2. The van der Waals surface area contributed by atoms with Crippen LogP contribution >= 0.6 is 0 Å². The standard InChI is InChI=1S/C22H23N3O/c1-16-12-20(16)22(26)23-13-19-15-25(14-17-8-4-2-5-9-17)24-21(19)18-10-6-3-7-11-18/h2-11,15-16,20H,12-14H2,1H3,(H,23,26)/t16-,20-/m1/s1. The lowest BCUT2D eigenvalue weighted by atomic mass is 10.1. The summed E-state index contributed by atoms with van der Waals surface area (Å²) in [6, 6.07) is 20.4. The predicted molar refractivity (Wildman–Crippen MR) is 102 cm³/mol. The van der Waals surface area contributed by atoms with E-state index in [0.29, 0.717) is 19.0 Å². The van der Waals surface area contributed by atoms with Crippen LogP contribution in [0, 0.1) is 11.8 Å². The molecule has 2 aromatic carbocycles. The van der Waals surface area contributed by atoms with Crippen LogP contribution in [0.5, 0.6) is 0 Å². The Morgan fingerprint density at radius 1 is 1.12 bits per heavy atom. The highest BCUT2D eigenvalue weighted by Gasteiger charge is 2.38. The fourth-order valence-electron chi connectivity index (χ4n) is 3.28. The minimum absolute atomic E-state index is 0.160. The van der Waals surface area contributed by atoms with E-state index >= 15 is 0 Å². The molecule has 1 aromatic heterocycles. The Morgan fingerprint density at radius 2 is 1.77 bits per heavy atom. The van der Waals surface area contributed by atoms with Crippen molar-refractivity contribution in [2.75, 3.05) is 0 Å². The number of carbonyl (C=O) groups excluding carboxylic acids is 1. The van der Waals surface area contributed by atoms with E-state index in [0.717, 1.165) is 23.2 Å². The summed E-state index contributed by atoms with van der Waals surface area (Å²) in [6.07, 6.45) is 3.05. The zero-order valence-corrected chi connectivity index (χ0v) is 14.9. The third-order valence-corrected chi connectivity index (χ3v) is 4.97. The molecule has 0 radical (unpaired) electrons. The van der Waals surface area contributed by atoms with Gasteiger partial charge in [-0.05, 0) is 17.9 Å². The molecular weight excluding hydrogens is 322 g/mol. The number of amides is 1. The highest BCUT2D eigenvalue weighted by Crippen LogP contribution is 2.37. The van der Waals surface area contributed by atoms with Crippen molar-refractivity contribution >= 4 is 5.91 Å². The maximum Gasteiger partial charge on any atom is 0.223 e. The van der Waals surface area contributed by atoms with Gasteiger partial charge in [0.05, 0.1) is 12.2 Å². The van der Waals surface area contributed by atoms with Crippen molar-refractivity contribution in [1.82, 2.24) is 15.1 Å². The van der Waals surface area contributed by atoms with Gasteiger partial charge in [0, 0.05) is 29.8 Å². The summed E-state index contributed by atoms with van der Waals surface area (Å²) < 4.78 is 1.96. The molecule has 1 aliphatic carbocycles. The Hall–Kier alpha value is -2.88. The van der Waals surface area contributed by atoms with Crippen LogP contribution in [-0.2, 0) is 17.9 Å². The average Bonchev–Trinajstić information content (AvgIpc) is 3.27. The zero-order valence-electron chi connectivity index (χ0n) is 14.9. The van der Waals surface area contributed by atoms with Crippen LogP contribution in [0.2, 0.25) is 0 Å². The Morgan fingerprint density at radius 3 is 2.42 bits per heavy atom. The van der Waals surface area contributed by atoms with Gasteiger partial charge in [-0.3, -0.25) is 9.48 Å². The number of carbonyl (C=O) groups is 1. The first-order valence-corrected chi connectivity index (χ1v) is 9.14. The van der Waals surface area contributed by atoms with E-state index in [-0.39, 0.29) is 11.8 Å². The molecule has 1 saturated carbocycles. The lowest BCUT2D eigenvalue weighted by Gasteiger charge is -2.05. The molecule has 1 fully saturated rings. The highest BCUT2D eigenvalue weighted by atomic mass is 16.2. The predicted octanol–water partition coefficient (Wildman–Crippen LogP) is 3.87. The molecule has 132 valence electrons. The smallest absolute Gasteiger partial charge is 0.223 e. The van der Waals surface area contributed by atoms with Crippen LogP contribution in [0.3, 0.4) is 0 Å². The number of aromatic nitrogens is 2. The van der Waals surface area contributed by atoms with E-state index in [9.17, 15) is 4.79 Å². The molecule has 1 aliphatic rings. The SMILES string of the molecule is C[C@@H]1C[C@H]1C(=O)NCc1cn(Cc2ccccc2)nc1-c1ccccc1. The largest absolute Gasteiger partial charge is 0.352 e. The van der Waals surface area contributed by atoms with Crippen LogP contribution in [0.1, 0.15) is 24.5 Å². The van der Waals surface area contributed by atoms with Gasteiger partial charge in [0.15, 0.2) is 0 Å². The van der Waals surface area contributed by atoms with Gasteiger partial charge in [0.2, 0.25) is 5.91 Å². The number of nitrogens with zero attached hydrogens (tertiary/aromatic N) is 2. The van der Waals surface area contributed by atoms with Gasteiger partial charge >= 0.3 is 0 Å². The molecule has 2 atom stereocenters. The first-order valence-electron chi connectivity index (χ1n) is 9.14. The van der Waals surface area contributed by atoms with Crippen molar-refractivity contribution in [2.24, 2.45) is 11.8 Å². The third-order valence-electron chi connectivity index (χ3n) is 4.97. The summed E-state index contributed by atoms with van der Waals surface area (Å²) in [5.41, 5.74) is 4.26. The first-order chi connectivity index (χ1) is 12.7. The average molecular weight is 345 g/mol. The molecule has 0 unspecified atom stereocenters. The summed E-state index contributed by atoms with van der Waals surface area (Å²) in [5.74, 6) is 0.867. The molecule has 4 heteroatoms. The molecular formula is C22H23N3O. The van der Waals surface area contributed by atoms with Gasteiger partial charge in [0.25, 0.3) is 0 Å². The third kappa shape index (κ3) is 3.69. The molecule has 0 spiro atoms. The van der Waals surface area contributed by atoms with Gasteiger partial charge in [-0.1, -0.05) is 67.6 Å². The second-order valence-corrected chi connectivity index (χ2v) is 7.09. The summed E-state index contributed by atoms with van der Waals surface area (Å²) in [6.45, 7) is 3.35. The van der Waals surface area contributed by atoms with E-state index in [1.54, 1.807) is 0 Å². The molecule has 4 nitrogen and oxygen atoms in total. The maximum atomic E-state index is 12.2. The number of rotatable bonds is 6. The van der Waals surface area contributed by atoms with Gasteiger partial charge in [0.1, 0.15) is 0 Å². The lowest BCUT2D eigenvalue weighted by Crippen LogP contribution is -2.24. The van der Waals surface area contributed by atoms with Gasteiger partial charge in [-0.25, -0.2) is 0 Å². The Labute approximate surface area is 153 Å². The van der Waals surface area contributed by atoms with Crippen LogP contribution in [0.4, 0.5) is 0 Å². The van der Waals surface area contributed by atoms with Crippen LogP contribution in [0.25, 0.3) is 11.3 Å². The second kappa shape index (κ2) is 7.16. The van der Waals surface area contributed by atoms with Crippen LogP contribution in [-0.4, -0.2) is 15.7 Å². The quantitative estimate of drug-likeness (QED) is 0.737. The molecule has 26 heavy (non-hydrogen) atoms. The van der Waals surface area contributed by atoms with E-state index in [1.165, 1.54) is 5.56 Å². The van der Waals surface area contributed by atoms with Gasteiger partial charge in [-0.2, -0.15) is 5.10 Å². The minimum atomic E-state index is 0.160. The zero-order chi connectivity index (χ0) is 17.9. The molecule has 1 amide bonds. The lowest BCUT2D eigenvalue weighted by molar-refractivity contribution is -0.122. The van der Waals surface area contributed by atoms with Gasteiger partial charge < -0.3 is 5.32 Å². The van der Waals surface area contributed by atoms with Crippen molar-refractivity contribution in [2.45, 2.75) is 26.4 Å². The number of hydrogen-bond acceptors (Lipinski definition) is 2. The van der Waals surface area contributed by atoms with Crippen molar-refractivity contribution in [3.63, 3.8) is 0 Å². The van der Waals surface area contributed by atoms with E-state index in [2.05, 4.69) is 36.5 Å². The summed E-state index contributed by atoms with van der Waals surface area (Å²) in [4.78, 5) is 12.2. The summed E-state index contributed by atoms with van der Waals surface area (Å²) >= 11 is 0. The van der Waals surface area contributed by atoms with E-state index < -0.39 is 0 Å². The van der Waals surface area contributed by atoms with E-state index in [1.807, 2.05) is 47.3 Å². The number of hydrogen-bond donors (Lipinski definition) is 1. The first kappa shape index (κ1) is 16.6. The van der Waals surface area contributed by atoms with Crippen molar-refractivity contribution in [3.8, 4) is 11.3 Å². The fraction of sp³-hybridized carbons (Fsp3) is 0.273. The fourth-order valence-corrected chi connectivity index (χ4v) is 3.28. The molecule has 1 N–H and O–H groups in total. The molecule has 1 heterocycles.